The predicted molar refractivity (Wildman–Crippen MR) is 67.6 cm³/mol. The first-order valence-corrected chi connectivity index (χ1v) is 6.35. The average Bonchev–Trinajstić information content (AvgIpc) is 2.96. The summed E-state index contributed by atoms with van der Waals surface area (Å²) in [5.41, 5.74) is 0.624. The van der Waals surface area contributed by atoms with Gasteiger partial charge in [0, 0.05) is 17.7 Å². The van der Waals surface area contributed by atoms with E-state index < -0.39 is 0 Å². The molecule has 0 radical (unpaired) electrons. The molecule has 2 unspecified atom stereocenters. The maximum absolute atomic E-state index is 12.0. The van der Waals surface area contributed by atoms with Crippen LogP contribution in [0.25, 0.3) is 0 Å². The van der Waals surface area contributed by atoms with Crippen LogP contribution >= 0.6 is 0 Å². The second-order valence-corrected chi connectivity index (χ2v) is 5.30. The number of fused-ring (bicyclic) bond motifs is 1. The highest BCUT2D eigenvalue weighted by molar-refractivity contribution is 5.93. The van der Waals surface area contributed by atoms with Crippen LogP contribution in [0.4, 0.5) is 5.69 Å². The first-order chi connectivity index (χ1) is 8.67. The number of phenols is 1. The maximum Gasteiger partial charge on any atom is 0.227 e. The number of benzene rings is 1. The molecule has 2 aliphatic carbocycles. The summed E-state index contributed by atoms with van der Waals surface area (Å²) in [6.07, 6.45) is 3.37. The molecule has 0 aliphatic heterocycles. The summed E-state index contributed by atoms with van der Waals surface area (Å²) in [4.78, 5) is 12.0. The lowest BCUT2D eigenvalue weighted by molar-refractivity contribution is -0.120. The minimum Gasteiger partial charge on any atom is -0.504 e. The molecule has 0 bridgehead atoms. The Kier molecular flexibility index (Phi) is 2.65. The van der Waals surface area contributed by atoms with Gasteiger partial charge in [0.2, 0.25) is 5.91 Å². The van der Waals surface area contributed by atoms with Crippen molar-refractivity contribution in [1.29, 1.82) is 0 Å². The van der Waals surface area contributed by atoms with Crippen molar-refractivity contribution >= 4 is 11.6 Å². The molecule has 0 spiro atoms. The van der Waals surface area contributed by atoms with Gasteiger partial charge in [0.15, 0.2) is 11.5 Å². The summed E-state index contributed by atoms with van der Waals surface area (Å²) in [5, 5.41) is 12.5. The summed E-state index contributed by atoms with van der Waals surface area (Å²) >= 11 is 0. The molecule has 1 aromatic rings. The van der Waals surface area contributed by atoms with Crippen LogP contribution in [-0.2, 0) is 4.79 Å². The highest BCUT2D eigenvalue weighted by atomic mass is 16.5. The molecular formula is C14H17NO3. The van der Waals surface area contributed by atoms with Crippen molar-refractivity contribution in [2.75, 3.05) is 12.4 Å². The number of carbonyl (C=O) groups excluding carboxylic acids is 1. The quantitative estimate of drug-likeness (QED) is 0.862. The number of amides is 1. The van der Waals surface area contributed by atoms with Gasteiger partial charge in [-0.3, -0.25) is 4.79 Å². The molecule has 0 aromatic heterocycles. The molecular weight excluding hydrogens is 230 g/mol. The number of hydrogen-bond donors (Lipinski definition) is 2. The molecule has 1 amide bonds. The topological polar surface area (TPSA) is 58.6 Å². The van der Waals surface area contributed by atoms with Gasteiger partial charge in [-0.1, -0.05) is 0 Å². The van der Waals surface area contributed by atoms with Gasteiger partial charge in [-0.05, 0) is 43.2 Å². The minimum atomic E-state index is 0.0459. The highest BCUT2D eigenvalue weighted by Crippen LogP contribution is 2.54. The molecule has 3 rings (SSSR count). The molecule has 4 heteroatoms. The van der Waals surface area contributed by atoms with Crippen molar-refractivity contribution in [1.82, 2.24) is 0 Å². The molecule has 2 aliphatic rings. The second kappa shape index (κ2) is 4.19. The highest BCUT2D eigenvalue weighted by Gasteiger charge is 2.47. The molecule has 2 saturated carbocycles. The first-order valence-electron chi connectivity index (χ1n) is 6.35. The molecule has 4 nitrogen and oxygen atoms in total. The molecule has 2 atom stereocenters. The van der Waals surface area contributed by atoms with Crippen LogP contribution in [0.2, 0.25) is 0 Å². The van der Waals surface area contributed by atoms with Gasteiger partial charge in [-0.15, -0.1) is 0 Å². The van der Waals surface area contributed by atoms with E-state index in [1.807, 2.05) is 0 Å². The number of rotatable bonds is 3. The number of hydrogen-bond acceptors (Lipinski definition) is 3. The minimum absolute atomic E-state index is 0.0459. The third-order valence-electron chi connectivity index (χ3n) is 4.06. The fourth-order valence-electron chi connectivity index (χ4n) is 2.94. The molecule has 2 N–H and O–H groups in total. The van der Waals surface area contributed by atoms with Crippen molar-refractivity contribution < 1.29 is 14.6 Å². The number of ether oxygens (including phenoxy) is 1. The number of phenolic OH excluding ortho intramolecular Hbond substituents is 1. The number of anilines is 1. The van der Waals surface area contributed by atoms with Crippen molar-refractivity contribution in [3.63, 3.8) is 0 Å². The fourth-order valence-corrected chi connectivity index (χ4v) is 2.94. The summed E-state index contributed by atoms with van der Waals surface area (Å²) in [6, 6.07) is 4.91. The Morgan fingerprint density at radius 3 is 2.67 bits per heavy atom. The summed E-state index contributed by atoms with van der Waals surface area (Å²) in [5.74, 6) is 2.28. The van der Waals surface area contributed by atoms with Gasteiger partial charge in [0.1, 0.15) is 0 Å². The number of carbonyl (C=O) groups is 1. The predicted octanol–water partition coefficient (Wildman–Crippen LogP) is 2.39. The maximum atomic E-state index is 12.0. The number of nitrogens with one attached hydrogen (secondary N) is 1. The third-order valence-corrected chi connectivity index (χ3v) is 4.06. The Balaban J connectivity index is 1.65. The zero-order valence-electron chi connectivity index (χ0n) is 10.3. The van der Waals surface area contributed by atoms with E-state index in [2.05, 4.69) is 5.32 Å². The fraction of sp³-hybridized carbons (Fsp3) is 0.500. The number of methoxy groups -OCH3 is 1. The Bertz CT molecular complexity index is 476. The summed E-state index contributed by atoms with van der Waals surface area (Å²) in [6.45, 7) is 0. The lowest BCUT2D eigenvalue weighted by Gasteiger charge is -2.13. The molecule has 0 saturated heterocycles. The lowest BCUT2D eigenvalue weighted by Crippen LogP contribution is -2.21. The monoisotopic (exact) mass is 247 g/mol. The standard InChI is InChI=1S/C14H17NO3/c1-18-13-3-2-11(7-12(13)16)15-14(17)10-5-8-4-9(8)6-10/h2-3,7-10,16H,4-6H2,1H3,(H,15,17). The smallest absolute Gasteiger partial charge is 0.227 e. The SMILES string of the molecule is COc1ccc(NC(=O)C2CC3CC3C2)cc1O. The average molecular weight is 247 g/mol. The van der Waals surface area contributed by atoms with Gasteiger partial charge in [-0.25, -0.2) is 0 Å². The zero-order valence-corrected chi connectivity index (χ0v) is 10.3. The second-order valence-electron chi connectivity index (χ2n) is 5.30. The van der Waals surface area contributed by atoms with Crippen molar-refractivity contribution in [2.45, 2.75) is 19.3 Å². The largest absolute Gasteiger partial charge is 0.504 e. The Morgan fingerprint density at radius 1 is 1.33 bits per heavy atom. The van der Waals surface area contributed by atoms with E-state index in [-0.39, 0.29) is 17.6 Å². The van der Waals surface area contributed by atoms with Crippen molar-refractivity contribution in [3.05, 3.63) is 18.2 Å². The third kappa shape index (κ3) is 2.03. The van der Waals surface area contributed by atoms with Gasteiger partial charge in [0.25, 0.3) is 0 Å². The normalized spacial score (nSPS) is 28.6. The van der Waals surface area contributed by atoms with E-state index in [1.165, 1.54) is 19.6 Å². The van der Waals surface area contributed by atoms with Crippen LogP contribution in [0.1, 0.15) is 19.3 Å². The molecule has 2 fully saturated rings. The van der Waals surface area contributed by atoms with E-state index >= 15 is 0 Å². The first kappa shape index (κ1) is 11.4. The van der Waals surface area contributed by atoms with E-state index in [0.717, 1.165) is 24.7 Å². The van der Waals surface area contributed by atoms with Crippen LogP contribution in [0.3, 0.4) is 0 Å². The van der Waals surface area contributed by atoms with Gasteiger partial charge in [-0.2, -0.15) is 0 Å². The Morgan fingerprint density at radius 2 is 2.06 bits per heavy atom. The molecule has 0 heterocycles. The molecule has 1 aromatic carbocycles. The lowest BCUT2D eigenvalue weighted by atomic mass is 10.0. The van der Waals surface area contributed by atoms with Gasteiger partial charge >= 0.3 is 0 Å². The van der Waals surface area contributed by atoms with E-state index in [0.29, 0.717) is 11.4 Å². The Labute approximate surface area is 106 Å². The van der Waals surface area contributed by atoms with E-state index in [4.69, 9.17) is 4.74 Å². The van der Waals surface area contributed by atoms with Crippen LogP contribution in [0, 0.1) is 17.8 Å². The van der Waals surface area contributed by atoms with Crippen LogP contribution in [0.5, 0.6) is 11.5 Å². The van der Waals surface area contributed by atoms with Crippen LogP contribution < -0.4 is 10.1 Å². The van der Waals surface area contributed by atoms with Crippen LogP contribution in [-0.4, -0.2) is 18.1 Å². The van der Waals surface area contributed by atoms with E-state index in [1.54, 1.807) is 12.1 Å². The van der Waals surface area contributed by atoms with E-state index in [9.17, 15) is 9.90 Å². The Hall–Kier alpha value is -1.71. The van der Waals surface area contributed by atoms with Crippen molar-refractivity contribution in [3.8, 4) is 11.5 Å². The van der Waals surface area contributed by atoms with Crippen molar-refractivity contribution in [2.24, 2.45) is 17.8 Å². The van der Waals surface area contributed by atoms with Crippen LogP contribution in [0.15, 0.2) is 18.2 Å². The number of aromatic hydroxyl groups is 1. The molecule has 18 heavy (non-hydrogen) atoms. The summed E-state index contributed by atoms with van der Waals surface area (Å²) < 4.78 is 4.96. The summed E-state index contributed by atoms with van der Waals surface area (Å²) in [7, 11) is 1.50. The molecule has 96 valence electrons. The van der Waals surface area contributed by atoms with Gasteiger partial charge in [0.05, 0.1) is 7.11 Å². The van der Waals surface area contributed by atoms with Gasteiger partial charge < -0.3 is 15.2 Å². The zero-order chi connectivity index (χ0) is 12.7.